The number of hydrogen-bond acceptors (Lipinski definition) is 3. The molecule has 0 fully saturated rings. The van der Waals surface area contributed by atoms with Crippen molar-refractivity contribution in [2.45, 2.75) is 77.0 Å². The highest BCUT2D eigenvalue weighted by Crippen LogP contribution is 2.11. The predicted molar refractivity (Wildman–Crippen MR) is 75.1 cm³/mol. The zero-order chi connectivity index (χ0) is 14.3. The Morgan fingerprint density at radius 1 is 0.632 bits per heavy atom. The van der Waals surface area contributed by atoms with Gasteiger partial charge in [0.25, 0.3) is 0 Å². The van der Waals surface area contributed by atoms with E-state index in [4.69, 9.17) is 10.2 Å². The Bertz CT molecular complexity index is 238. The molecule has 0 bridgehead atoms. The van der Waals surface area contributed by atoms with E-state index in [9.17, 15) is 9.59 Å². The summed E-state index contributed by atoms with van der Waals surface area (Å²) in [5.74, 6) is -0.819. The topological polar surface area (TPSA) is 74.6 Å². The number of ketones is 1. The highest BCUT2D eigenvalue weighted by Gasteiger charge is 2.04. The first kappa shape index (κ1) is 18.1. The standard InChI is InChI=1S/C15H28O4/c16-13-9-7-5-3-1-2-4-6-8-10-14(17)11-12-15(18)19/h16H,1-13H2,(H,18,19). The molecule has 0 aliphatic heterocycles. The highest BCUT2D eigenvalue weighted by molar-refractivity contribution is 5.82. The van der Waals surface area contributed by atoms with Crippen LogP contribution >= 0.6 is 0 Å². The predicted octanol–water partition coefficient (Wildman–Crippen LogP) is 3.31. The maximum Gasteiger partial charge on any atom is 0.303 e. The first-order chi connectivity index (χ1) is 9.16. The van der Waals surface area contributed by atoms with Crippen LogP contribution in [0.15, 0.2) is 0 Å². The maximum atomic E-state index is 11.3. The smallest absolute Gasteiger partial charge is 0.303 e. The summed E-state index contributed by atoms with van der Waals surface area (Å²) < 4.78 is 0. The first-order valence-corrected chi connectivity index (χ1v) is 7.51. The van der Waals surface area contributed by atoms with E-state index in [1.807, 2.05) is 0 Å². The number of carbonyl (C=O) groups excluding carboxylic acids is 1. The summed E-state index contributed by atoms with van der Waals surface area (Å²) in [7, 11) is 0. The van der Waals surface area contributed by atoms with Crippen LogP contribution in [0.3, 0.4) is 0 Å². The average Bonchev–Trinajstić information content (AvgIpc) is 2.38. The molecule has 0 saturated heterocycles. The molecule has 0 amide bonds. The third-order valence-corrected chi connectivity index (χ3v) is 3.23. The molecule has 4 nitrogen and oxygen atoms in total. The molecule has 0 rings (SSSR count). The number of aliphatic hydroxyl groups excluding tert-OH is 1. The number of hydrogen-bond donors (Lipinski definition) is 2. The van der Waals surface area contributed by atoms with Gasteiger partial charge in [0, 0.05) is 19.4 Å². The fraction of sp³-hybridized carbons (Fsp3) is 0.867. The van der Waals surface area contributed by atoms with E-state index in [0.717, 1.165) is 32.1 Å². The summed E-state index contributed by atoms with van der Waals surface area (Å²) in [6.45, 7) is 0.301. The zero-order valence-electron chi connectivity index (χ0n) is 11.9. The van der Waals surface area contributed by atoms with Gasteiger partial charge in [-0.25, -0.2) is 0 Å². The highest BCUT2D eigenvalue weighted by atomic mass is 16.4. The van der Waals surface area contributed by atoms with Crippen LogP contribution in [0.4, 0.5) is 0 Å². The third kappa shape index (κ3) is 15.0. The number of carboxylic acids is 1. The molecule has 0 aliphatic carbocycles. The van der Waals surface area contributed by atoms with Gasteiger partial charge in [0.05, 0.1) is 6.42 Å². The lowest BCUT2D eigenvalue weighted by atomic mass is 10.0. The van der Waals surface area contributed by atoms with Gasteiger partial charge >= 0.3 is 5.97 Å². The Kier molecular flexibility index (Phi) is 12.9. The molecule has 0 saturated carbocycles. The number of rotatable bonds is 14. The molecule has 0 aromatic heterocycles. The van der Waals surface area contributed by atoms with Crippen LogP contribution in [0.5, 0.6) is 0 Å². The van der Waals surface area contributed by atoms with Crippen LogP contribution in [0.2, 0.25) is 0 Å². The summed E-state index contributed by atoms with van der Waals surface area (Å²) in [6, 6.07) is 0. The average molecular weight is 272 g/mol. The monoisotopic (exact) mass is 272 g/mol. The van der Waals surface area contributed by atoms with Crippen molar-refractivity contribution < 1.29 is 19.8 Å². The Balaban J connectivity index is 3.13. The van der Waals surface area contributed by atoms with Crippen molar-refractivity contribution in [3.05, 3.63) is 0 Å². The Hall–Kier alpha value is -0.900. The molecular weight excluding hydrogens is 244 g/mol. The fourth-order valence-electron chi connectivity index (χ4n) is 2.04. The van der Waals surface area contributed by atoms with Crippen molar-refractivity contribution in [2.75, 3.05) is 6.61 Å². The Morgan fingerprint density at radius 3 is 1.58 bits per heavy atom. The summed E-state index contributed by atoms with van der Waals surface area (Å²) in [5.41, 5.74) is 0. The van der Waals surface area contributed by atoms with Gasteiger partial charge in [-0.05, 0) is 12.8 Å². The van der Waals surface area contributed by atoms with Crippen LogP contribution in [0, 0.1) is 0 Å². The second-order valence-electron chi connectivity index (χ2n) is 5.09. The SMILES string of the molecule is O=C(O)CCC(=O)CCCCCCCCCCCO. The molecule has 19 heavy (non-hydrogen) atoms. The molecule has 0 aromatic carbocycles. The normalized spacial score (nSPS) is 10.6. The van der Waals surface area contributed by atoms with E-state index in [1.165, 1.54) is 25.7 Å². The molecule has 0 aliphatic rings. The first-order valence-electron chi connectivity index (χ1n) is 7.51. The minimum absolute atomic E-state index is 0.0350. The van der Waals surface area contributed by atoms with Crippen molar-refractivity contribution in [1.82, 2.24) is 0 Å². The molecule has 0 atom stereocenters. The van der Waals surface area contributed by atoms with E-state index in [2.05, 4.69) is 0 Å². The molecule has 112 valence electrons. The number of aliphatic hydroxyl groups is 1. The van der Waals surface area contributed by atoms with Crippen molar-refractivity contribution in [1.29, 1.82) is 0 Å². The fourth-order valence-corrected chi connectivity index (χ4v) is 2.04. The van der Waals surface area contributed by atoms with Gasteiger partial charge in [-0.2, -0.15) is 0 Å². The molecule has 0 unspecified atom stereocenters. The minimum atomic E-state index is -0.894. The summed E-state index contributed by atoms with van der Waals surface area (Å²) in [6.07, 6.45) is 10.7. The number of carboxylic acid groups (broad SMARTS) is 1. The molecule has 0 aromatic rings. The van der Waals surface area contributed by atoms with Crippen LogP contribution < -0.4 is 0 Å². The van der Waals surface area contributed by atoms with Gasteiger partial charge in [-0.3, -0.25) is 9.59 Å². The molecule has 0 spiro atoms. The van der Waals surface area contributed by atoms with Crippen LogP contribution in [-0.2, 0) is 9.59 Å². The molecule has 2 N–H and O–H groups in total. The van der Waals surface area contributed by atoms with Gasteiger partial charge in [0.1, 0.15) is 5.78 Å². The number of carbonyl (C=O) groups is 2. The number of aliphatic carboxylic acids is 1. The van der Waals surface area contributed by atoms with Gasteiger partial charge in [0.2, 0.25) is 0 Å². The van der Waals surface area contributed by atoms with E-state index in [-0.39, 0.29) is 18.6 Å². The van der Waals surface area contributed by atoms with Crippen molar-refractivity contribution in [2.24, 2.45) is 0 Å². The molecule has 4 heteroatoms. The van der Waals surface area contributed by atoms with E-state index in [1.54, 1.807) is 0 Å². The second-order valence-corrected chi connectivity index (χ2v) is 5.09. The summed E-state index contributed by atoms with van der Waals surface area (Å²) in [4.78, 5) is 21.6. The third-order valence-electron chi connectivity index (χ3n) is 3.23. The van der Waals surface area contributed by atoms with Crippen molar-refractivity contribution in [3.8, 4) is 0 Å². The van der Waals surface area contributed by atoms with Crippen LogP contribution in [-0.4, -0.2) is 28.6 Å². The largest absolute Gasteiger partial charge is 0.481 e. The van der Waals surface area contributed by atoms with Crippen LogP contribution in [0.25, 0.3) is 0 Å². The lowest BCUT2D eigenvalue weighted by molar-refractivity contribution is -0.138. The van der Waals surface area contributed by atoms with Gasteiger partial charge in [-0.1, -0.05) is 44.9 Å². The Morgan fingerprint density at radius 2 is 1.11 bits per heavy atom. The lowest BCUT2D eigenvalue weighted by Crippen LogP contribution is -2.02. The maximum absolute atomic E-state index is 11.3. The molecule has 0 radical (unpaired) electrons. The van der Waals surface area contributed by atoms with Gasteiger partial charge in [0.15, 0.2) is 0 Å². The van der Waals surface area contributed by atoms with Crippen molar-refractivity contribution in [3.63, 3.8) is 0 Å². The van der Waals surface area contributed by atoms with E-state index < -0.39 is 5.97 Å². The van der Waals surface area contributed by atoms with Crippen molar-refractivity contribution >= 4 is 11.8 Å². The number of Topliss-reactive ketones (excluding diaryl/α,β-unsaturated/α-hetero) is 1. The summed E-state index contributed by atoms with van der Waals surface area (Å²) in [5, 5.41) is 17.1. The number of unbranched alkanes of at least 4 members (excludes halogenated alkanes) is 8. The van der Waals surface area contributed by atoms with Gasteiger partial charge < -0.3 is 10.2 Å². The Labute approximate surface area is 116 Å². The summed E-state index contributed by atoms with van der Waals surface area (Å²) >= 11 is 0. The quantitative estimate of drug-likeness (QED) is 0.476. The molecule has 0 heterocycles. The zero-order valence-corrected chi connectivity index (χ0v) is 11.9. The van der Waals surface area contributed by atoms with Gasteiger partial charge in [-0.15, -0.1) is 0 Å². The second kappa shape index (κ2) is 13.5. The minimum Gasteiger partial charge on any atom is -0.481 e. The van der Waals surface area contributed by atoms with E-state index in [0.29, 0.717) is 13.0 Å². The van der Waals surface area contributed by atoms with E-state index >= 15 is 0 Å². The molecular formula is C15H28O4. The van der Waals surface area contributed by atoms with Crippen LogP contribution in [0.1, 0.15) is 77.0 Å². The lowest BCUT2D eigenvalue weighted by Gasteiger charge is -2.02.